The normalized spacial score (nSPS) is 16.1. The maximum Gasteiger partial charge on any atom is 0.319 e. The van der Waals surface area contributed by atoms with Gasteiger partial charge in [0.25, 0.3) is 0 Å². The van der Waals surface area contributed by atoms with Gasteiger partial charge in [-0.05, 0) is 13.3 Å². The molecular weight excluding hydrogens is 314 g/mol. The molecule has 2 aromatic rings. The van der Waals surface area contributed by atoms with Gasteiger partial charge in [-0.2, -0.15) is 8.78 Å². The zero-order valence-corrected chi connectivity index (χ0v) is 14.0. The molecular formula is C16H22F2N6. The second kappa shape index (κ2) is 7.21. The summed E-state index contributed by atoms with van der Waals surface area (Å²) < 4.78 is 26.7. The van der Waals surface area contributed by atoms with Crippen molar-refractivity contribution in [1.29, 1.82) is 0 Å². The van der Waals surface area contributed by atoms with Crippen LogP contribution in [0.1, 0.15) is 30.8 Å². The fourth-order valence-corrected chi connectivity index (χ4v) is 2.93. The summed E-state index contributed by atoms with van der Waals surface area (Å²) in [5, 5.41) is 0. The Bertz CT molecular complexity index is 679. The second-order valence-corrected chi connectivity index (χ2v) is 5.91. The number of aromatic nitrogens is 4. The van der Waals surface area contributed by atoms with E-state index in [0.717, 1.165) is 54.5 Å². The Labute approximate surface area is 140 Å². The number of hydrogen-bond acceptors (Lipinski definition) is 5. The number of piperazine rings is 1. The molecule has 0 aromatic carbocycles. The first kappa shape index (κ1) is 16.8. The van der Waals surface area contributed by atoms with Gasteiger partial charge in [-0.25, -0.2) is 15.0 Å². The zero-order chi connectivity index (χ0) is 17.1. The highest BCUT2D eigenvalue weighted by Gasteiger charge is 2.21. The number of anilines is 1. The van der Waals surface area contributed by atoms with Gasteiger partial charge in [0.1, 0.15) is 17.5 Å². The summed E-state index contributed by atoms with van der Waals surface area (Å²) in [5.74, 6) is 2.14. The van der Waals surface area contributed by atoms with E-state index in [1.54, 1.807) is 0 Å². The molecule has 3 heterocycles. The third kappa shape index (κ3) is 3.69. The van der Waals surface area contributed by atoms with Gasteiger partial charge in [0.2, 0.25) is 0 Å². The number of hydrogen-bond donors (Lipinski definition) is 0. The Balaban J connectivity index is 1.61. The monoisotopic (exact) mass is 336 g/mol. The highest BCUT2D eigenvalue weighted by atomic mass is 19.3. The summed E-state index contributed by atoms with van der Waals surface area (Å²) in [4.78, 5) is 17.4. The Morgan fingerprint density at radius 2 is 1.92 bits per heavy atom. The van der Waals surface area contributed by atoms with Crippen LogP contribution in [0.3, 0.4) is 0 Å². The smallest absolute Gasteiger partial charge is 0.319 e. The topological polar surface area (TPSA) is 50.1 Å². The van der Waals surface area contributed by atoms with E-state index in [0.29, 0.717) is 12.4 Å². The highest BCUT2D eigenvalue weighted by Crippen LogP contribution is 2.18. The average molecular weight is 336 g/mol. The molecule has 24 heavy (non-hydrogen) atoms. The summed E-state index contributed by atoms with van der Waals surface area (Å²) in [5.41, 5.74) is 1.04. The SMILES string of the molecule is CCc1cc(N2CCN(Cc3nccn3C(F)F)CC2)nc(C)n1. The van der Waals surface area contributed by atoms with Gasteiger partial charge in [0, 0.05) is 50.3 Å². The van der Waals surface area contributed by atoms with Crippen LogP contribution in [0.15, 0.2) is 18.5 Å². The number of rotatable bonds is 5. The number of halogens is 2. The van der Waals surface area contributed by atoms with Gasteiger partial charge in [0.15, 0.2) is 0 Å². The molecule has 8 heteroatoms. The van der Waals surface area contributed by atoms with E-state index in [9.17, 15) is 8.78 Å². The van der Waals surface area contributed by atoms with Crippen molar-refractivity contribution in [2.45, 2.75) is 33.4 Å². The molecule has 0 atom stereocenters. The van der Waals surface area contributed by atoms with Crippen molar-refractivity contribution in [1.82, 2.24) is 24.4 Å². The third-order valence-corrected chi connectivity index (χ3v) is 4.26. The molecule has 0 aliphatic carbocycles. The standard InChI is InChI=1S/C16H22F2N6/c1-3-13-10-14(21-12(2)20-13)23-8-6-22(7-9-23)11-15-19-4-5-24(15)16(17)18/h4-5,10,16H,3,6-9,11H2,1-2H3. The molecule has 0 saturated carbocycles. The van der Waals surface area contributed by atoms with Gasteiger partial charge in [0.05, 0.1) is 6.54 Å². The van der Waals surface area contributed by atoms with Crippen LogP contribution >= 0.6 is 0 Å². The molecule has 6 nitrogen and oxygen atoms in total. The minimum absolute atomic E-state index is 0.407. The molecule has 3 rings (SSSR count). The number of alkyl halides is 2. The Morgan fingerprint density at radius 1 is 1.17 bits per heavy atom. The van der Waals surface area contributed by atoms with E-state index < -0.39 is 6.55 Å². The molecule has 1 aliphatic rings. The summed E-state index contributed by atoms with van der Waals surface area (Å²) in [6.45, 7) is 5.09. The fraction of sp³-hybridized carbons (Fsp3) is 0.562. The minimum atomic E-state index is -2.54. The van der Waals surface area contributed by atoms with Crippen molar-refractivity contribution in [3.8, 4) is 0 Å². The van der Waals surface area contributed by atoms with Crippen molar-refractivity contribution in [3.63, 3.8) is 0 Å². The molecule has 1 aliphatic heterocycles. The van der Waals surface area contributed by atoms with Gasteiger partial charge in [-0.1, -0.05) is 6.92 Å². The Morgan fingerprint density at radius 3 is 2.58 bits per heavy atom. The van der Waals surface area contributed by atoms with E-state index in [2.05, 4.69) is 31.7 Å². The van der Waals surface area contributed by atoms with Crippen LogP contribution in [-0.2, 0) is 13.0 Å². The lowest BCUT2D eigenvalue weighted by atomic mass is 10.2. The maximum atomic E-state index is 12.9. The zero-order valence-electron chi connectivity index (χ0n) is 14.0. The highest BCUT2D eigenvalue weighted by molar-refractivity contribution is 5.40. The summed E-state index contributed by atoms with van der Waals surface area (Å²) in [7, 11) is 0. The van der Waals surface area contributed by atoms with Crippen molar-refractivity contribution < 1.29 is 8.78 Å². The van der Waals surface area contributed by atoms with Crippen LogP contribution in [0.25, 0.3) is 0 Å². The van der Waals surface area contributed by atoms with E-state index in [-0.39, 0.29) is 0 Å². The molecule has 2 aromatic heterocycles. The first-order chi connectivity index (χ1) is 11.6. The average Bonchev–Trinajstić information content (AvgIpc) is 3.03. The van der Waals surface area contributed by atoms with E-state index in [4.69, 9.17) is 0 Å². The van der Waals surface area contributed by atoms with Crippen LogP contribution in [0, 0.1) is 6.92 Å². The summed E-state index contributed by atoms with van der Waals surface area (Å²) in [6.07, 6.45) is 3.63. The fourth-order valence-electron chi connectivity index (χ4n) is 2.93. The first-order valence-corrected chi connectivity index (χ1v) is 8.18. The van der Waals surface area contributed by atoms with Gasteiger partial charge in [-0.3, -0.25) is 9.47 Å². The first-order valence-electron chi connectivity index (χ1n) is 8.18. The second-order valence-electron chi connectivity index (χ2n) is 5.91. The molecule has 1 saturated heterocycles. The summed E-state index contributed by atoms with van der Waals surface area (Å²) in [6, 6.07) is 2.03. The maximum absolute atomic E-state index is 12.9. The molecule has 0 amide bonds. The molecule has 0 unspecified atom stereocenters. The van der Waals surface area contributed by atoms with Crippen LogP contribution < -0.4 is 4.90 Å². The molecule has 130 valence electrons. The molecule has 0 radical (unpaired) electrons. The molecule has 0 N–H and O–H groups in total. The lowest BCUT2D eigenvalue weighted by Crippen LogP contribution is -2.46. The van der Waals surface area contributed by atoms with E-state index in [1.807, 2.05) is 13.0 Å². The third-order valence-electron chi connectivity index (χ3n) is 4.26. The van der Waals surface area contributed by atoms with Gasteiger partial charge in [-0.15, -0.1) is 0 Å². The number of imidazole rings is 1. The van der Waals surface area contributed by atoms with Crippen LogP contribution in [0.2, 0.25) is 0 Å². The largest absolute Gasteiger partial charge is 0.354 e. The Hall–Kier alpha value is -2.09. The molecule has 1 fully saturated rings. The van der Waals surface area contributed by atoms with Gasteiger partial charge < -0.3 is 4.90 Å². The number of nitrogens with zero attached hydrogens (tertiary/aromatic N) is 6. The van der Waals surface area contributed by atoms with Crippen molar-refractivity contribution in [2.24, 2.45) is 0 Å². The van der Waals surface area contributed by atoms with E-state index in [1.165, 1.54) is 12.4 Å². The minimum Gasteiger partial charge on any atom is -0.354 e. The van der Waals surface area contributed by atoms with Crippen LogP contribution in [0.5, 0.6) is 0 Å². The lowest BCUT2D eigenvalue weighted by molar-refractivity contribution is 0.0637. The van der Waals surface area contributed by atoms with Crippen molar-refractivity contribution in [3.05, 3.63) is 35.8 Å². The predicted molar refractivity (Wildman–Crippen MR) is 87.1 cm³/mol. The molecule has 0 bridgehead atoms. The van der Waals surface area contributed by atoms with Gasteiger partial charge >= 0.3 is 6.55 Å². The van der Waals surface area contributed by atoms with Crippen LogP contribution in [-0.4, -0.2) is 50.6 Å². The molecule has 0 spiro atoms. The summed E-state index contributed by atoms with van der Waals surface area (Å²) >= 11 is 0. The van der Waals surface area contributed by atoms with Crippen molar-refractivity contribution >= 4 is 5.82 Å². The Kier molecular flexibility index (Phi) is 5.03. The quantitative estimate of drug-likeness (QED) is 0.838. The number of aryl methyl sites for hydroxylation is 2. The predicted octanol–water partition coefficient (Wildman–Crippen LogP) is 2.26. The van der Waals surface area contributed by atoms with Crippen molar-refractivity contribution in [2.75, 3.05) is 31.1 Å². The van der Waals surface area contributed by atoms with Crippen LogP contribution in [0.4, 0.5) is 14.6 Å². The van der Waals surface area contributed by atoms with E-state index >= 15 is 0 Å². The lowest BCUT2D eigenvalue weighted by Gasteiger charge is -2.35.